The lowest BCUT2D eigenvalue weighted by molar-refractivity contribution is -0.167. The zero-order chi connectivity index (χ0) is 22.8. The second kappa shape index (κ2) is 9.19. The monoisotopic (exact) mass is 501 g/mol. The van der Waals surface area contributed by atoms with Crippen molar-refractivity contribution in [3.63, 3.8) is 0 Å². The lowest BCUT2D eigenvalue weighted by Gasteiger charge is -2.38. The Hall–Kier alpha value is -2.45. The van der Waals surface area contributed by atoms with Gasteiger partial charge in [0.2, 0.25) is 5.71 Å². The Labute approximate surface area is 196 Å². The first kappa shape index (κ1) is 22.7. The van der Waals surface area contributed by atoms with Crippen LogP contribution in [-0.2, 0) is 14.3 Å². The maximum Gasteiger partial charge on any atom is 0.332 e. The minimum Gasteiger partial charge on any atom is -0.458 e. The average molecular weight is 502 g/mol. The van der Waals surface area contributed by atoms with Gasteiger partial charge in [-0.3, -0.25) is 0 Å². The first-order chi connectivity index (χ1) is 15.3. The van der Waals surface area contributed by atoms with Gasteiger partial charge in [-0.15, -0.1) is 0 Å². The molecule has 1 aliphatic rings. The quantitative estimate of drug-likeness (QED) is 0.323. The third-order valence-electron chi connectivity index (χ3n) is 5.36. The second-order valence-corrected chi connectivity index (χ2v) is 9.86. The number of nitrogens with one attached hydrogen (secondary N) is 1. The number of nitrogens with zero attached hydrogens (tertiary/aromatic N) is 2. The Morgan fingerprint density at radius 3 is 2.56 bits per heavy atom. The Balaban J connectivity index is 1.63. The Bertz CT molecular complexity index is 1090. The summed E-state index contributed by atoms with van der Waals surface area (Å²) in [5.74, 6) is 0.920. The molecule has 8 heteroatoms. The Kier molecular flexibility index (Phi) is 6.53. The number of carbonyl (C=O) groups is 1. The SMILES string of the molecule is CC(C)(C)OC(=O)COC1(Nc2ncnc3oc(-c4ccccc4)c(Br)c23)CCCCC1. The van der Waals surface area contributed by atoms with Crippen LogP contribution in [0.1, 0.15) is 52.9 Å². The number of ether oxygens (including phenoxy) is 2. The molecule has 0 amide bonds. The van der Waals surface area contributed by atoms with Gasteiger partial charge in [-0.2, -0.15) is 0 Å². The van der Waals surface area contributed by atoms with E-state index >= 15 is 0 Å². The minimum absolute atomic E-state index is 0.125. The Morgan fingerprint density at radius 1 is 1.16 bits per heavy atom. The van der Waals surface area contributed by atoms with Gasteiger partial charge in [0.15, 0.2) is 5.76 Å². The van der Waals surface area contributed by atoms with Crippen molar-refractivity contribution in [2.24, 2.45) is 0 Å². The van der Waals surface area contributed by atoms with Crippen LogP contribution in [0, 0.1) is 0 Å². The predicted molar refractivity (Wildman–Crippen MR) is 126 cm³/mol. The first-order valence-corrected chi connectivity index (χ1v) is 11.7. The number of esters is 1. The lowest BCUT2D eigenvalue weighted by atomic mass is 9.91. The third-order valence-corrected chi connectivity index (χ3v) is 6.12. The summed E-state index contributed by atoms with van der Waals surface area (Å²) in [4.78, 5) is 21.1. The summed E-state index contributed by atoms with van der Waals surface area (Å²) in [6.45, 7) is 5.41. The van der Waals surface area contributed by atoms with Crippen molar-refractivity contribution in [3.05, 3.63) is 41.1 Å². The molecule has 0 bridgehead atoms. The van der Waals surface area contributed by atoms with Crippen molar-refractivity contribution in [1.82, 2.24) is 9.97 Å². The summed E-state index contributed by atoms with van der Waals surface area (Å²) >= 11 is 3.69. The van der Waals surface area contributed by atoms with Crippen molar-refractivity contribution in [3.8, 4) is 11.3 Å². The van der Waals surface area contributed by atoms with Crippen LogP contribution < -0.4 is 5.32 Å². The highest BCUT2D eigenvalue weighted by Gasteiger charge is 2.36. The molecular weight excluding hydrogens is 474 g/mol. The molecule has 1 aliphatic carbocycles. The summed E-state index contributed by atoms with van der Waals surface area (Å²) in [6, 6.07) is 9.84. The van der Waals surface area contributed by atoms with E-state index in [4.69, 9.17) is 13.9 Å². The molecule has 1 N–H and O–H groups in total. The molecule has 7 nitrogen and oxygen atoms in total. The average Bonchev–Trinajstić information content (AvgIpc) is 3.10. The highest BCUT2D eigenvalue weighted by Crippen LogP contribution is 2.41. The van der Waals surface area contributed by atoms with E-state index in [1.807, 2.05) is 51.1 Å². The number of fused-ring (bicyclic) bond motifs is 1. The van der Waals surface area contributed by atoms with Gasteiger partial charge in [0, 0.05) is 5.56 Å². The summed E-state index contributed by atoms with van der Waals surface area (Å²) in [7, 11) is 0. The van der Waals surface area contributed by atoms with Crippen molar-refractivity contribution < 1.29 is 18.7 Å². The number of halogens is 1. The highest BCUT2D eigenvalue weighted by molar-refractivity contribution is 9.10. The van der Waals surface area contributed by atoms with E-state index in [2.05, 4.69) is 31.2 Å². The molecule has 0 atom stereocenters. The van der Waals surface area contributed by atoms with E-state index in [1.54, 1.807) is 0 Å². The van der Waals surface area contributed by atoms with Crippen molar-refractivity contribution in [2.45, 2.75) is 64.2 Å². The molecule has 0 saturated heterocycles. The smallest absolute Gasteiger partial charge is 0.332 e. The van der Waals surface area contributed by atoms with Crippen molar-refractivity contribution in [2.75, 3.05) is 11.9 Å². The molecule has 1 fully saturated rings. The van der Waals surface area contributed by atoms with E-state index < -0.39 is 11.3 Å². The van der Waals surface area contributed by atoms with Crippen LogP contribution >= 0.6 is 15.9 Å². The summed E-state index contributed by atoms with van der Waals surface area (Å²) in [5.41, 5.74) is 0.158. The van der Waals surface area contributed by atoms with E-state index in [1.165, 1.54) is 6.33 Å². The zero-order valence-corrected chi connectivity index (χ0v) is 20.2. The molecule has 0 radical (unpaired) electrons. The van der Waals surface area contributed by atoms with Crippen LogP contribution in [0.15, 0.2) is 45.5 Å². The largest absolute Gasteiger partial charge is 0.458 e. The number of hydrogen-bond acceptors (Lipinski definition) is 7. The number of aromatic nitrogens is 2. The normalized spacial score (nSPS) is 16.1. The van der Waals surface area contributed by atoms with Crippen LogP contribution in [0.25, 0.3) is 22.4 Å². The molecule has 1 saturated carbocycles. The fraction of sp³-hybridized carbons (Fsp3) is 0.458. The van der Waals surface area contributed by atoms with E-state index in [-0.39, 0.29) is 12.6 Å². The molecule has 4 rings (SSSR count). The zero-order valence-electron chi connectivity index (χ0n) is 18.6. The predicted octanol–water partition coefficient (Wildman–Crippen LogP) is 6.08. The number of hydrogen-bond donors (Lipinski definition) is 1. The van der Waals surface area contributed by atoms with E-state index in [0.29, 0.717) is 17.3 Å². The summed E-state index contributed by atoms with van der Waals surface area (Å²) in [6.07, 6.45) is 6.13. The van der Waals surface area contributed by atoms with Crippen LogP contribution in [0.3, 0.4) is 0 Å². The highest BCUT2D eigenvalue weighted by atomic mass is 79.9. The number of rotatable bonds is 6. The second-order valence-electron chi connectivity index (χ2n) is 9.07. The van der Waals surface area contributed by atoms with Gasteiger partial charge in [-0.1, -0.05) is 36.8 Å². The summed E-state index contributed by atoms with van der Waals surface area (Å²) < 4.78 is 18.4. The molecule has 3 aromatic rings. The standard InChI is InChI=1S/C24H28BrN3O4/c1-23(2,3)32-17(29)14-30-24(12-8-5-9-13-24)28-21-18-19(25)20(16-10-6-4-7-11-16)31-22(18)27-15-26-21/h4,6-7,10-11,15H,5,8-9,12-14H2,1-3H3,(H,26,27,28). The fourth-order valence-corrected chi connectivity index (χ4v) is 4.65. The van der Waals surface area contributed by atoms with Crippen molar-refractivity contribution >= 4 is 38.8 Å². The molecule has 170 valence electrons. The number of anilines is 1. The molecule has 0 spiro atoms. The fourth-order valence-electron chi connectivity index (χ4n) is 3.98. The maximum atomic E-state index is 12.3. The molecule has 0 unspecified atom stereocenters. The van der Waals surface area contributed by atoms with Crippen molar-refractivity contribution in [1.29, 1.82) is 0 Å². The molecule has 1 aromatic carbocycles. The number of furan rings is 1. The topological polar surface area (TPSA) is 86.5 Å². The number of benzene rings is 1. The van der Waals surface area contributed by atoms with Gasteiger partial charge in [0.1, 0.15) is 30.1 Å². The van der Waals surface area contributed by atoms with Crippen LogP contribution in [0.4, 0.5) is 5.82 Å². The molecule has 2 heterocycles. The van der Waals surface area contributed by atoms with Crippen LogP contribution in [0.5, 0.6) is 0 Å². The van der Waals surface area contributed by atoms with E-state index in [0.717, 1.165) is 47.5 Å². The van der Waals surface area contributed by atoms with Gasteiger partial charge in [-0.25, -0.2) is 14.8 Å². The van der Waals surface area contributed by atoms with Gasteiger partial charge >= 0.3 is 5.97 Å². The minimum atomic E-state index is -0.708. The van der Waals surface area contributed by atoms with Gasteiger partial charge in [0.25, 0.3) is 0 Å². The lowest BCUT2D eigenvalue weighted by Crippen LogP contribution is -2.45. The van der Waals surface area contributed by atoms with Gasteiger partial charge in [0.05, 0.1) is 9.86 Å². The van der Waals surface area contributed by atoms with Gasteiger partial charge in [-0.05, 0) is 62.4 Å². The molecular formula is C24H28BrN3O4. The number of carbonyl (C=O) groups excluding carboxylic acids is 1. The van der Waals surface area contributed by atoms with E-state index in [9.17, 15) is 4.79 Å². The maximum absolute atomic E-state index is 12.3. The van der Waals surface area contributed by atoms with Crippen LogP contribution in [0.2, 0.25) is 0 Å². The summed E-state index contributed by atoms with van der Waals surface area (Å²) in [5, 5.41) is 4.24. The molecule has 32 heavy (non-hydrogen) atoms. The third kappa shape index (κ3) is 5.13. The van der Waals surface area contributed by atoms with Crippen LogP contribution in [-0.4, -0.2) is 33.9 Å². The van der Waals surface area contributed by atoms with Gasteiger partial charge < -0.3 is 19.2 Å². The Morgan fingerprint density at radius 2 is 1.88 bits per heavy atom. The first-order valence-electron chi connectivity index (χ1n) is 10.9. The molecule has 2 aromatic heterocycles. The molecule has 0 aliphatic heterocycles.